The summed E-state index contributed by atoms with van der Waals surface area (Å²) < 4.78 is 24.6. The number of methoxy groups -OCH3 is 1. The van der Waals surface area contributed by atoms with Crippen LogP contribution in [0.3, 0.4) is 0 Å². The Morgan fingerprint density at radius 2 is 1.91 bits per heavy atom. The van der Waals surface area contributed by atoms with Gasteiger partial charge in [-0.2, -0.15) is 0 Å². The number of aliphatic hydroxyl groups excluding tert-OH is 1. The zero-order valence-electron chi connectivity index (χ0n) is 17.7. The maximum Gasteiger partial charge on any atom is 0.295 e. The fraction of sp³-hybridized carbons (Fsp3) is 0.348. The summed E-state index contributed by atoms with van der Waals surface area (Å²) in [5.41, 5.74) is 0.530. The number of halogens is 1. The average molecular weight is 441 g/mol. The molecule has 0 unspecified atom stereocenters. The van der Waals surface area contributed by atoms with Gasteiger partial charge in [0.1, 0.15) is 17.3 Å². The van der Waals surface area contributed by atoms with Gasteiger partial charge in [-0.05, 0) is 35.9 Å². The first-order valence-corrected chi connectivity index (χ1v) is 10.3. The Morgan fingerprint density at radius 3 is 2.59 bits per heavy atom. The number of morpholine rings is 1. The molecule has 0 bridgehead atoms. The molecule has 1 amide bonds. The highest BCUT2D eigenvalue weighted by Crippen LogP contribution is 2.40. The minimum Gasteiger partial charge on any atom is -0.507 e. The summed E-state index contributed by atoms with van der Waals surface area (Å²) >= 11 is 0. The summed E-state index contributed by atoms with van der Waals surface area (Å²) in [6, 6.07) is 6.19. The molecule has 168 valence electrons. The number of benzene rings is 1. The smallest absolute Gasteiger partial charge is 0.295 e. The van der Waals surface area contributed by atoms with Crippen molar-refractivity contribution in [2.24, 2.45) is 0 Å². The summed E-state index contributed by atoms with van der Waals surface area (Å²) in [5.74, 6) is -2.42. The summed E-state index contributed by atoms with van der Waals surface area (Å²) in [6.07, 6.45) is 3.11. The van der Waals surface area contributed by atoms with Crippen molar-refractivity contribution in [3.05, 3.63) is 65.2 Å². The molecule has 0 spiro atoms. The van der Waals surface area contributed by atoms with E-state index in [9.17, 15) is 19.1 Å². The highest BCUT2D eigenvalue weighted by molar-refractivity contribution is 6.46. The number of rotatable bonds is 6. The molecule has 0 aliphatic carbocycles. The number of aromatic nitrogens is 1. The van der Waals surface area contributed by atoms with E-state index in [-0.39, 0.29) is 23.4 Å². The molecule has 8 nitrogen and oxygen atoms in total. The van der Waals surface area contributed by atoms with Crippen LogP contribution in [-0.4, -0.2) is 78.1 Å². The lowest BCUT2D eigenvalue weighted by molar-refractivity contribution is -0.140. The molecule has 2 saturated heterocycles. The minimum atomic E-state index is -0.827. The monoisotopic (exact) mass is 441 g/mol. The quantitative estimate of drug-likeness (QED) is 0.416. The van der Waals surface area contributed by atoms with Gasteiger partial charge in [0.2, 0.25) is 0 Å². The largest absolute Gasteiger partial charge is 0.507 e. The highest BCUT2D eigenvalue weighted by atomic mass is 19.1. The molecule has 2 aliphatic rings. The molecule has 32 heavy (non-hydrogen) atoms. The van der Waals surface area contributed by atoms with Gasteiger partial charge in [-0.15, -0.1) is 0 Å². The zero-order chi connectivity index (χ0) is 22.7. The summed E-state index contributed by atoms with van der Waals surface area (Å²) in [5, 5.41) is 11.1. The van der Waals surface area contributed by atoms with Gasteiger partial charge in [0, 0.05) is 38.6 Å². The molecule has 2 aromatic rings. The van der Waals surface area contributed by atoms with Crippen LogP contribution in [0.25, 0.3) is 5.76 Å². The second-order valence-electron chi connectivity index (χ2n) is 7.57. The first-order chi connectivity index (χ1) is 15.5. The Labute approximate surface area is 184 Å². The van der Waals surface area contributed by atoms with Gasteiger partial charge in [-0.3, -0.25) is 19.5 Å². The number of likely N-dealkylation sites (tertiary alicyclic amines) is 1. The Kier molecular flexibility index (Phi) is 6.48. The van der Waals surface area contributed by atoms with Crippen LogP contribution in [0.1, 0.15) is 17.2 Å². The number of hydrogen-bond acceptors (Lipinski definition) is 7. The molecule has 2 fully saturated rings. The predicted octanol–water partition coefficient (Wildman–Crippen LogP) is 1.98. The number of carbonyl (C=O) groups excluding carboxylic acids is 2. The SMILES string of the molecule is COc1ccc(F)cc1C(O)=C1C(=O)C(=O)N(CCN2CCOCC2)[C@H]1c1ccncc1. The van der Waals surface area contributed by atoms with Gasteiger partial charge < -0.3 is 19.5 Å². The van der Waals surface area contributed by atoms with Gasteiger partial charge in [0.25, 0.3) is 11.7 Å². The van der Waals surface area contributed by atoms with Crippen molar-refractivity contribution in [2.75, 3.05) is 46.5 Å². The number of aliphatic hydroxyl groups is 1. The Balaban J connectivity index is 1.76. The number of amides is 1. The number of carbonyl (C=O) groups is 2. The van der Waals surface area contributed by atoms with Gasteiger partial charge in [0.05, 0.1) is 37.5 Å². The second kappa shape index (κ2) is 9.46. The van der Waals surface area contributed by atoms with E-state index in [0.29, 0.717) is 25.3 Å². The Hall–Kier alpha value is -3.30. The van der Waals surface area contributed by atoms with E-state index in [4.69, 9.17) is 9.47 Å². The zero-order valence-corrected chi connectivity index (χ0v) is 17.7. The van der Waals surface area contributed by atoms with Crippen molar-refractivity contribution in [1.29, 1.82) is 0 Å². The third kappa shape index (κ3) is 4.21. The molecule has 9 heteroatoms. The van der Waals surface area contributed by atoms with Crippen molar-refractivity contribution in [3.8, 4) is 5.75 Å². The van der Waals surface area contributed by atoms with Crippen LogP contribution in [0.2, 0.25) is 0 Å². The molecule has 3 heterocycles. The van der Waals surface area contributed by atoms with Crippen LogP contribution in [0.15, 0.2) is 48.3 Å². The topological polar surface area (TPSA) is 92.2 Å². The molecule has 0 saturated carbocycles. The molecule has 0 radical (unpaired) electrons. The van der Waals surface area contributed by atoms with E-state index >= 15 is 0 Å². The first-order valence-electron chi connectivity index (χ1n) is 10.3. The number of nitrogens with zero attached hydrogens (tertiary/aromatic N) is 3. The fourth-order valence-corrected chi connectivity index (χ4v) is 4.09. The lowest BCUT2D eigenvalue weighted by Crippen LogP contribution is -2.42. The Morgan fingerprint density at radius 1 is 1.19 bits per heavy atom. The molecule has 2 aliphatic heterocycles. The number of Topliss-reactive ketones (excluding diaryl/α,β-unsaturated/α-hetero) is 1. The summed E-state index contributed by atoms with van der Waals surface area (Å²) in [4.78, 5) is 33.7. The molecule has 1 N–H and O–H groups in total. The first kappa shape index (κ1) is 21.9. The van der Waals surface area contributed by atoms with Crippen LogP contribution in [0.5, 0.6) is 5.75 Å². The van der Waals surface area contributed by atoms with Gasteiger partial charge in [-0.25, -0.2) is 4.39 Å². The number of ether oxygens (including phenoxy) is 2. The lowest BCUT2D eigenvalue weighted by atomic mass is 9.95. The number of ketones is 1. The van der Waals surface area contributed by atoms with Crippen molar-refractivity contribution >= 4 is 17.4 Å². The number of pyridine rings is 1. The molecular formula is C23H24FN3O5. The number of hydrogen-bond donors (Lipinski definition) is 1. The third-order valence-corrected chi connectivity index (χ3v) is 5.74. The summed E-state index contributed by atoms with van der Waals surface area (Å²) in [7, 11) is 1.38. The molecule has 1 aromatic carbocycles. The van der Waals surface area contributed by atoms with E-state index in [1.54, 1.807) is 24.5 Å². The fourth-order valence-electron chi connectivity index (χ4n) is 4.09. The van der Waals surface area contributed by atoms with Crippen LogP contribution in [0.4, 0.5) is 4.39 Å². The summed E-state index contributed by atoms with van der Waals surface area (Å²) in [6.45, 7) is 3.56. The van der Waals surface area contributed by atoms with Crippen LogP contribution < -0.4 is 4.74 Å². The van der Waals surface area contributed by atoms with E-state index in [2.05, 4.69) is 9.88 Å². The highest BCUT2D eigenvalue weighted by Gasteiger charge is 2.46. The maximum atomic E-state index is 14.0. The second-order valence-corrected chi connectivity index (χ2v) is 7.57. The van der Waals surface area contributed by atoms with E-state index < -0.39 is 29.3 Å². The van der Waals surface area contributed by atoms with Gasteiger partial charge in [-0.1, -0.05) is 0 Å². The standard InChI is InChI=1S/C23H24FN3O5/c1-31-18-3-2-16(24)14-17(18)21(28)19-20(15-4-6-25-7-5-15)27(23(30)22(19)29)9-8-26-10-12-32-13-11-26/h2-7,14,20,28H,8-13H2,1H3/t20-/m0/s1. The lowest BCUT2D eigenvalue weighted by Gasteiger charge is -2.31. The predicted molar refractivity (Wildman–Crippen MR) is 113 cm³/mol. The van der Waals surface area contributed by atoms with Crippen LogP contribution >= 0.6 is 0 Å². The van der Waals surface area contributed by atoms with Gasteiger partial charge >= 0.3 is 0 Å². The molecule has 4 rings (SSSR count). The minimum absolute atomic E-state index is 0.0118. The third-order valence-electron chi connectivity index (χ3n) is 5.74. The average Bonchev–Trinajstić information content (AvgIpc) is 3.08. The molecule has 1 atom stereocenters. The molecule has 1 aromatic heterocycles. The van der Waals surface area contributed by atoms with E-state index in [1.807, 2.05) is 0 Å². The Bertz CT molecular complexity index is 1040. The van der Waals surface area contributed by atoms with Crippen molar-refractivity contribution in [3.63, 3.8) is 0 Å². The molecular weight excluding hydrogens is 417 g/mol. The van der Waals surface area contributed by atoms with E-state index in [0.717, 1.165) is 19.2 Å². The van der Waals surface area contributed by atoms with Crippen molar-refractivity contribution in [1.82, 2.24) is 14.8 Å². The maximum absolute atomic E-state index is 14.0. The van der Waals surface area contributed by atoms with Crippen molar-refractivity contribution < 1.29 is 28.6 Å². The van der Waals surface area contributed by atoms with Crippen molar-refractivity contribution in [2.45, 2.75) is 6.04 Å². The van der Waals surface area contributed by atoms with Gasteiger partial charge in [0.15, 0.2) is 0 Å². The van der Waals surface area contributed by atoms with E-state index in [1.165, 1.54) is 24.1 Å². The van der Waals surface area contributed by atoms with Crippen LogP contribution in [0, 0.1) is 5.82 Å². The normalized spacial score (nSPS) is 21.2. The van der Waals surface area contributed by atoms with Crippen LogP contribution in [-0.2, 0) is 14.3 Å².